The number of rotatable bonds is 7. The number of carbonyl (C=O) groups excluding carboxylic acids is 1. The van der Waals surface area contributed by atoms with Crippen LogP contribution in [-0.2, 0) is 9.59 Å². The average molecular weight is 283 g/mol. The van der Waals surface area contributed by atoms with Crippen LogP contribution in [0.4, 0.5) is 0 Å². The van der Waals surface area contributed by atoms with Crippen molar-refractivity contribution in [2.45, 2.75) is 59.3 Å². The van der Waals surface area contributed by atoms with Crippen LogP contribution in [0.5, 0.6) is 0 Å². The van der Waals surface area contributed by atoms with Crippen molar-refractivity contribution in [1.29, 1.82) is 0 Å². The van der Waals surface area contributed by atoms with E-state index in [1.165, 1.54) is 0 Å². The lowest BCUT2D eigenvalue weighted by Gasteiger charge is -2.33. The Hall–Kier alpha value is -1.06. The van der Waals surface area contributed by atoms with Crippen LogP contribution in [0.1, 0.15) is 59.3 Å². The van der Waals surface area contributed by atoms with Crippen molar-refractivity contribution in [2.75, 3.05) is 13.1 Å². The maximum absolute atomic E-state index is 12.7. The lowest BCUT2D eigenvalue weighted by molar-refractivity contribution is -0.152. The number of nitrogens with zero attached hydrogens (tertiary/aromatic N) is 1. The number of aliphatic carboxylic acids is 1. The summed E-state index contributed by atoms with van der Waals surface area (Å²) >= 11 is 0. The van der Waals surface area contributed by atoms with E-state index >= 15 is 0 Å². The molecule has 0 aromatic rings. The third-order valence-corrected chi connectivity index (χ3v) is 4.73. The average Bonchev–Trinajstić information content (AvgIpc) is 2.48. The molecule has 2 atom stereocenters. The monoisotopic (exact) mass is 283 g/mol. The van der Waals surface area contributed by atoms with Gasteiger partial charge in [-0.1, -0.05) is 39.5 Å². The summed E-state index contributed by atoms with van der Waals surface area (Å²) in [5, 5.41) is 9.32. The molecule has 1 saturated carbocycles. The Kier molecular flexibility index (Phi) is 7.03. The molecular formula is C16H29NO3. The summed E-state index contributed by atoms with van der Waals surface area (Å²) in [6.45, 7) is 7.72. The highest BCUT2D eigenvalue weighted by atomic mass is 16.4. The SMILES string of the molecule is CCC(CC)CN(CC)C(=O)C1CCCCC1C(=O)O. The Bertz CT molecular complexity index is 326. The van der Waals surface area contributed by atoms with Gasteiger partial charge in [-0.05, 0) is 25.7 Å². The molecule has 0 aliphatic heterocycles. The molecule has 4 nitrogen and oxygen atoms in total. The Morgan fingerprint density at radius 3 is 2.10 bits per heavy atom. The minimum Gasteiger partial charge on any atom is -0.481 e. The fraction of sp³-hybridized carbons (Fsp3) is 0.875. The Morgan fingerprint density at radius 2 is 1.65 bits per heavy atom. The number of carboxylic acids is 1. The number of amides is 1. The molecule has 1 fully saturated rings. The molecule has 1 amide bonds. The minimum atomic E-state index is -0.804. The van der Waals surface area contributed by atoms with Crippen LogP contribution in [0.3, 0.4) is 0 Å². The van der Waals surface area contributed by atoms with Crippen LogP contribution < -0.4 is 0 Å². The van der Waals surface area contributed by atoms with Gasteiger partial charge < -0.3 is 10.0 Å². The molecule has 2 unspecified atom stereocenters. The van der Waals surface area contributed by atoms with Gasteiger partial charge in [0.2, 0.25) is 5.91 Å². The van der Waals surface area contributed by atoms with Gasteiger partial charge in [-0.3, -0.25) is 9.59 Å². The van der Waals surface area contributed by atoms with E-state index in [0.717, 1.165) is 38.6 Å². The molecule has 0 heterocycles. The summed E-state index contributed by atoms with van der Waals surface area (Å²) in [7, 11) is 0. The van der Waals surface area contributed by atoms with Crippen LogP contribution in [0.25, 0.3) is 0 Å². The van der Waals surface area contributed by atoms with Gasteiger partial charge in [-0.2, -0.15) is 0 Å². The zero-order chi connectivity index (χ0) is 15.1. The fourth-order valence-electron chi connectivity index (χ4n) is 3.19. The van der Waals surface area contributed by atoms with Crippen LogP contribution in [0.2, 0.25) is 0 Å². The molecule has 0 saturated heterocycles. The third-order valence-electron chi connectivity index (χ3n) is 4.73. The van der Waals surface area contributed by atoms with E-state index in [4.69, 9.17) is 0 Å². The maximum Gasteiger partial charge on any atom is 0.307 e. The first-order chi connectivity index (χ1) is 9.54. The van der Waals surface area contributed by atoms with Crippen molar-refractivity contribution in [3.05, 3.63) is 0 Å². The first-order valence-electron chi connectivity index (χ1n) is 8.06. The van der Waals surface area contributed by atoms with Crippen LogP contribution >= 0.6 is 0 Å². The topological polar surface area (TPSA) is 57.6 Å². The molecule has 1 aliphatic rings. The van der Waals surface area contributed by atoms with Gasteiger partial charge >= 0.3 is 5.97 Å². The van der Waals surface area contributed by atoms with Gasteiger partial charge in [0.25, 0.3) is 0 Å². The summed E-state index contributed by atoms with van der Waals surface area (Å²) in [6.07, 6.45) is 5.41. The second-order valence-corrected chi connectivity index (χ2v) is 5.90. The minimum absolute atomic E-state index is 0.0616. The summed E-state index contributed by atoms with van der Waals surface area (Å²) < 4.78 is 0. The third kappa shape index (κ3) is 4.22. The molecule has 0 aromatic heterocycles. The normalized spacial score (nSPS) is 22.8. The van der Waals surface area contributed by atoms with Gasteiger partial charge in [0.15, 0.2) is 0 Å². The highest BCUT2D eigenvalue weighted by molar-refractivity contribution is 5.85. The smallest absolute Gasteiger partial charge is 0.307 e. The molecule has 1 N–H and O–H groups in total. The zero-order valence-corrected chi connectivity index (χ0v) is 13.1. The summed E-state index contributed by atoms with van der Waals surface area (Å²) in [5.41, 5.74) is 0. The Labute approximate surface area is 122 Å². The van der Waals surface area contributed by atoms with E-state index in [-0.39, 0.29) is 11.8 Å². The van der Waals surface area contributed by atoms with Crippen LogP contribution in [0, 0.1) is 17.8 Å². The lowest BCUT2D eigenvalue weighted by atomic mass is 9.78. The van der Waals surface area contributed by atoms with Gasteiger partial charge in [0, 0.05) is 13.1 Å². The molecule has 0 radical (unpaired) electrons. The van der Waals surface area contributed by atoms with E-state index in [1.807, 2.05) is 11.8 Å². The van der Waals surface area contributed by atoms with E-state index in [0.29, 0.717) is 18.9 Å². The van der Waals surface area contributed by atoms with Crippen molar-refractivity contribution in [2.24, 2.45) is 17.8 Å². The molecule has 4 heteroatoms. The number of hydrogen-bond acceptors (Lipinski definition) is 2. The Morgan fingerprint density at radius 1 is 1.10 bits per heavy atom. The van der Waals surface area contributed by atoms with Gasteiger partial charge in [-0.15, -0.1) is 0 Å². The van der Waals surface area contributed by atoms with Crippen molar-refractivity contribution >= 4 is 11.9 Å². The molecule has 0 spiro atoms. The zero-order valence-electron chi connectivity index (χ0n) is 13.1. The van der Waals surface area contributed by atoms with Crippen molar-refractivity contribution in [1.82, 2.24) is 4.90 Å². The highest BCUT2D eigenvalue weighted by Crippen LogP contribution is 2.32. The van der Waals surface area contributed by atoms with Crippen molar-refractivity contribution < 1.29 is 14.7 Å². The molecule has 0 aromatic carbocycles. The van der Waals surface area contributed by atoms with Gasteiger partial charge in [0.05, 0.1) is 11.8 Å². The number of carbonyl (C=O) groups is 2. The second kappa shape index (κ2) is 8.28. The lowest BCUT2D eigenvalue weighted by Crippen LogP contribution is -2.44. The highest BCUT2D eigenvalue weighted by Gasteiger charge is 2.37. The predicted molar refractivity (Wildman–Crippen MR) is 79.4 cm³/mol. The van der Waals surface area contributed by atoms with Crippen LogP contribution in [0.15, 0.2) is 0 Å². The van der Waals surface area contributed by atoms with Crippen LogP contribution in [-0.4, -0.2) is 35.0 Å². The molecule has 1 aliphatic carbocycles. The summed E-state index contributed by atoms with van der Waals surface area (Å²) in [4.78, 5) is 25.9. The number of hydrogen-bond donors (Lipinski definition) is 1. The van der Waals surface area contributed by atoms with E-state index < -0.39 is 11.9 Å². The van der Waals surface area contributed by atoms with Crippen molar-refractivity contribution in [3.8, 4) is 0 Å². The standard InChI is InChI=1S/C16H29NO3/c1-4-12(5-2)11-17(6-3)15(18)13-9-7-8-10-14(13)16(19)20/h12-14H,4-11H2,1-3H3,(H,19,20). The molecular weight excluding hydrogens is 254 g/mol. The van der Waals surface area contributed by atoms with Gasteiger partial charge in [0.1, 0.15) is 0 Å². The molecule has 1 rings (SSSR count). The Balaban J connectivity index is 2.75. The summed E-state index contributed by atoms with van der Waals surface area (Å²) in [6, 6.07) is 0. The fourth-order valence-corrected chi connectivity index (χ4v) is 3.19. The van der Waals surface area contributed by atoms with E-state index in [2.05, 4.69) is 13.8 Å². The van der Waals surface area contributed by atoms with Gasteiger partial charge in [-0.25, -0.2) is 0 Å². The first-order valence-corrected chi connectivity index (χ1v) is 8.06. The number of carboxylic acid groups (broad SMARTS) is 1. The quantitative estimate of drug-likeness (QED) is 0.780. The first kappa shape index (κ1) is 17.0. The predicted octanol–water partition coefficient (Wildman–Crippen LogP) is 3.16. The summed E-state index contributed by atoms with van der Waals surface area (Å²) in [5.74, 6) is -1.01. The van der Waals surface area contributed by atoms with Crippen molar-refractivity contribution in [3.63, 3.8) is 0 Å². The molecule has 0 bridgehead atoms. The largest absolute Gasteiger partial charge is 0.481 e. The maximum atomic E-state index is 12.7. The second-order valence-electron chi connectivity index (χ2n) is 5.90. The molecule has 116 valence electrons. The van der Waals surface area contributed by atoms with E-state index in [1.54, 1.807) is 0 Å². The van der Waals surface area contributed by atoms with E-state index in [9.17, 15) is 14.7 Å². The molecule has 20 heavy (non-hydrogen) atoms.